The average molecular weight is 321 g/mol. The molecule has 0 spiro atoms. The van der Waals surface area contributed by atoms with Gasteiger partial charge in [0, 0.05) is 15.7 Å². The van der Waals surface area contributed by atoms with Crippen LogP contribution in [0.5, 0.6) is 0 Å². The summed E-state index contributed by atoms with van der Waals surface area (Å²) in [5.41, 5.74) is 5.61. The first kappa shape index (κ1) is 14.5. The zero-order valence-corrected chi connectivity index (χ0v) is 12.5. The molecule has 1 aromatic rings. The van der Waals surface area contributed by atoms with Crippen LogP contribution < -0.4 is 10.5 Å². The molecule has 1 aromatic carbocycles. The fraction of sp³-hybridized carbons (Fsp3) is 0.455. The van der Waals surface area contributed by atoms with Crippen molar-refractivity contribution in [2.24, 2.45) is 0 Å². The largest absolute Gasteiger partial charge is 0.398 e. The Morgan fingerprint density at radius 1 is 1.41 bits per heavy atom. The lowest BCUT2D eigenvalue weighted by Crippen LogP contribution is -2.42. The predicted molar refractivity (Wildman–Crippen MR) is 73.2 cm³/mol. The van der Waals surface area contributed by atoms with Crippen molar-refractivity contribution in [2.45, 2.75) is 37.6 Å². The van der Waals surface area contributed by atoms with Gasteiger partial charge in [-0.15, -0.1) is 0 Å². The van der Waals surface area contributed by atoms with Crippen molar-refractivity contribution >= 4 is 31.6 Å². The van der Waals surface area contributed by atoms with Crippen molar-refractivity contribution in [2.75, 3.05) is 5.73 Å². The highest BCUT2D eigenvalue weighted by molar-refractivity contribution is 9.10. The van der Waals surface area contributed by atoms with Gasteiger partial charge < -0.3 is 5.73 Å². The molecule has 4 nitrogen and oxygen atoms in total. The van der Waals surface area contributed by atoms with Gasteiger partial charge >= 0.3 is 0 Å². The number of anilines is 1. The minimum Gasteiger partial charge on any atom is -0.398 e. The van der Waals surface area contributed by atoms with Crippen molar-refractivity contribution in [3.63, 3.8) is 0 Å². The summed E-state index contributed by atoms with van der Waals surface area (Å²) in [5.74, 6) is 0. The van der Waals surface area contributed by atoms with E-state index in [4.69, 9.17) is 5.73 Å². The maximum Gasteiger partial charge on any atom is 0.241 e. The number of sulfonamides is 1. The number of hydrogen-bond donors (Lipinski definition) is 2. The predicted octanol–water partition coefficient (Wildman–Crippen LogP) is 2.50. The van der Waals surface area contributed by atoms with Crippen LogP contribution in [0.1, 0.15) is 27.2 Å². The molecule has 0 heterocycles. The van der Waals surface area contributed by atoms with Gasteiger partial charge in [-0.05, 0) is 54.4 Å². The smallest absolute Gasteiger partial charge is 0.241 e. The molecule has 0 radical (unpaired) electrons. The summed E-state index contributed by atoms with van der Waals surface area (Å²) in [6, 6.07) is 4.59. The number of rotatable bonds is 4. The minimum atomic E-state index is -3.52. The lowest BCUT2D eigenvalue weighted by atomic mass is 10.0. The van der Waals surface area contributed by atoms with Crippen molar-refractivity contribution < 1.29 is 8.42 Å². The fourth-order valence-electron chi connectivity index (χ4n) is 1.18. The molecule has 0 fully saturated rings. The van der Waals surface area contributed by atoms with Gasteiger partial charge in [0.15, 0.2) is 0 Å². The van der Waals surface area contributed by atoms with E-state index in [1.807, 2.05) is 20.8 Å². The van der Waals surface area contributed by atoms with Gasteiger partial charge in [0.25, 0.3) is 0 Å². The van der Waals surface area contributed by atoms with Gasteiger partial charge in [0.1, 0.15) is 0 Å². The van der Waals surface area contributed by atoms with E-state index in [0.717, 1.165) is 0 Å². The molecular formula is C11H17BrN2O2S. The van der Waals surface area contributed by atoms with Crippen molar-refractivity contribution in [3.05, 3.63) is 22.7 Å². The number of halogens is 1. The summed E-state index contributed by atoms with van der Waals surface area (Å²) in [6.07, 6.45) is 0.707. The molecule has 0 saturated carbocycles. The van der Waals surface area contributed by atoms with E-state index in [1.54, 1.807) is 6.07 Å². The van der Waals surface area contributed by atoms with Crippen LogP contribution in [0.15, 0.2) is 27.6 Å². The van der Waals surface area contributed by atoms with Crippen LogP contribution in [-0.4, -0.2) is 14.0 Å². The molecule has 17 heavy (non-hydrogen) atoms. The van der Waals surface area contributed by atoms with Crippen LogP contribution in [-0.2, 0) is 10.0 Å². The van der Waals surface area contributed by atoms with E-state index < -0.39 is 15.6 Å². The second-order valence-corrected chi connectivity index (χ2v) is 7.06. The van der Waals surface area contributed by atoms with Gasteiger partial charge in [0.05, 0.1) is 4.90 Å². The zero-order valence-electron chi connectivity index (χ0n) is 10.1. The molecule has 6 heteroatoms. The topological polar surface area (TPSA) is 72.2 Å². The molecule has 3 N–H and O–H groups in total. The number of hydrogen-bond acceptors (Lipinski definition) is 3. The summed E-state index contributed by atoms with van der Waals surface area (Å²) < 4.78 is 27.5. The fourth-order valence-corrected chi connectivity index (χ4v) is 2.95. The zero-order chi connectivity index (χ0) is 13.3. The number of nitrogen functional groups attached to an aromatic ring is 1. The Bertz CT molecular complexity index is 512. The third-order valence-electron chi connectivity index (χ3n) is 2.57. The molecule has 0 aromatic heterocycles. The lowest BCUT2D eigenvalue weighted by Gasteiger charge is -2.24. The highest BCUT2D eigenvalue weighted by Crippen LogP contribution is 2.23. The molecular weight excluding hydrogens is 304 g/mol. The number of benzene rings is 1. The third kappa shape index (κ3) is 3.69. The Balaban J connectivity index is 3.10. The van der Waals surface area contributed by atoms with E-state index in [2.05, 4.69) is 20.7 Å². The SMILES string of the molecule is CCC(C)(C)NS(=O)(=O)c1ccc(Br)c(N)c1. The maximum absolute atomic E-state index is 12.1. The average Bonchev–Trinajstić information content (AvgIpc) is 2.20. The van der Waals surface area contributed by atoms with Gasteiger partial charge in [-0.3, -0.25) is 0 Å². The van der Waals surface area contributed by atoms with Crippen molar-refractivity contribution in [3.8, 4) is 0 Å². The molecule has 0 aliphatic carbocycles. The van der Waals surface area contributed by atoms with Crippen LogP contribution in [0.4, 0.5) is 5.69 Å². The molecule has 0 atom stereocenters. The Labute approximate surface area is 111 Å². The van der Waals surface area contributed by atoms with Crippen LogP contribution in [0.3, 0.4) is 0 Å². The van der Waals surface area contributed by atoms with E-state index in [0.29, 0.717) is 16.6 Å². The molecule has 96 valence electrons. The van der Waals surface area contributed by atoms with Crippen LogP contribution in [0.25, 0.3) is 0 Å². The minimum absolute atomic E-state index is 0.180. The number of nitrogens with one attached hydrogen (secondary N) is 1. The Morgan fingerprint density at radius 3 is 2.47 bits per heavy atom. The maximum atomic E-state index is 12.1. The second-order valence-electron chi connectivity index (χ2n) is 4.53. The molecule has 0 aliphatic heterocycles. The molecule has 0 saturated heterocycles. The molecule has 0 aliphatic rings. The van der Waals surface area contributed by atoms with Gasteiger partial charge in [-0.25, -0.2) is 13.1 Å². The standard InChI is InChI=1S/C11H17BrN2O2S/c1-4-11(2,3)14-17(15,16)8-5-6-9(12)10(13)7-8/h5-7,14H,4,13H2,1-3H3. The first-order valence-corrected chi connectivity index (χ1v) is 7.54. The monoisotopic (exact) mass is 320 g/mol. The normalized spacial score (nSPS) is 12.7. The molecule has 0 unspecified atom stereocenters. The van der Waals surface area contributed by atoms with Crippen molar-refractivity contribution in [1.82, 2.24) is 4.72 Å². The Kier molecular flexibility index (Phi) is 4.22. The Hall–Kier alpha value is -0.590. The number of nitrogens with two attached hydrogens (primary N) is 1. The van der Waals surface area contributed by atoms with E-state index in [1.165, 1.54) is 12.1 Å². The first-order chi connectivity index (χ1) is 7.68. The van der Waals surface area contributed by atoms with E-state index >= 15 is 0 Å². The summed E-state index contributed by atoms with van der Waals surface area (Å²) >= 11 is 3.23. The van der Waals surface area contributed by atoms with Crippen molar-refractivity contribution in [1.29, 1.82) is 0 Å². The summed E-state index contributed by atoms with van der Waals surface area (Å²) in [6.45, 7) is 5.61. The lowest BCUT2D eigenvalue weighted by molar-refractivity contribution is 0.439. The van der Waals surface area contributed by atoms with Crippen LogP contribution in [0, 0.1) is 0 Å². The second kappa shape index (κ2) is 4.96. The van der Waals surface area contributed by atoms with E-state index in [9.17, 15) is 8.42 Å². The first-order valence-electron chi connectivity index (χ1n) is 5.27. The molecule has 0 bridgehead atoms. The summed E-state index contributed by atoms with van der Waals surface area (Å²) in [4.78, 5) is 0.180. The molecule has 0 amide bonds. The third-order valence-corrected chi connectivity index (χ3v) is 4.99. The molecule has 1 rings (SSSR count). The van der Waals surface area contributed by atoms with Gasteiger partial charge in [0.2, 0.25) is 10.0 Å². The van der Waals surface area contributed by atoms with Crippen LogP contribution in [0.2, 0.25) is 0 Å². The van der Waals surface area contributed by atoms with E-state index in [-0.39, 0.29) is 4.90 Å². The Morgan fingerprint density at radius 2 is 2.00 bits per heavy atom. The van der Waals surface area contributed by atoms with Crippen LogP contribution >= 0.6 is 15.9 Å². The summed E-state index contributed by atoms with van der Waals surface area (Å²) in [5, 5.41) is 0. The summed E-state index contributed by atoms with van der Waals surface area (Å²) in [7, 11) is -3.52. The highest BCUT2D eigenvalue weighted by atomic mass is 79.9. The highest BCUT2D eigenvalue weighted by Gasteiger charge is 2.24. The van der Waals surface area contributed by atoms with Gasteiger partial charge in [-0.1, -0.05) is 6.92 Å². The van der Waals surface area contributed by atoms with Gasteiger partial charge in [-0.2, -0.15) is 0 Å². The quantitative estimate of drug-likeness (QED) is 0.837.